The highest BCUT2D eigenvalue weighted by molar-refractivity contribution is 5.84. The number of Topliss-reactive ketones (excluding diaryl/α,β-unsaturated/α-hetero) is 1. The number of carboxylic acid groups (broad SMARTS) is 1. The molecule has 0 amide bonds. The van der Waals surface area contributed by atoms with Crippen LogP contribution in [0, 0.1) is 11.8 Å². The minimum absolute atomic E-state index is 0.0490. The standard InChI is InChI=1S/C21H34O5/c1-3-4-9-13-21(2,26)14-12-17-16(18(22)15-19(17)23)10-7-5-6-8-11-20(24)25/h5,7,12,14,16-17,19,23,26H,3-4,6,8-11,13,15H2,1-2H3,(H,24,25)/b7-5+,14-12+/t16-,17+,19-,21+/m1/s1. The fraction of sp³-hybridized carbons (Fsp3) is 0.714. The molecule has 0 bridgehead atoms. The van der Waals surface area contributed by atoms with E-state index in [-0.39, 0.29) is 30.5 Å². The van der Waals surface area contributed by atoms with Gasteiger partial charge in [0.15, 0.2) is 0 Å². The first-order chi connectivity index (χ1) is 12.3. The number of carboxylic acids is 1. The van der Waals surface area contributed by atoms with Gasteiger partial charge >= 0.3 is 5.97 Å². The maximum atomic E-state index is 12.2. The lowest BCUT2D eigenvalue weighted by atomic mass is 9.88. The van der Waals surface area contributed by atoms with Crippen LogP contribution in [0.1, 0.15) is 71.6 Å². The van der Waals surface area contributed by atoms with Crippen molar-refractivity contribution < 1.29 is 24.9 Å². The van der Waals surface area contributed by atoms with Crippen LogP contribution in [0.2, 0.25) is 0 Å². The van der Waals surface area contributed by atoms with Crippen LogP contribution < -0.4 is 0 Å². The molecule has 1 saturated carbocycles. The Labute approximate surface area is 156 Å². The van der Waals surface area contributed by atoms with Gasteiger partial charge in [-0.2, -0.15) is 0 Å². The molecule has 0 aliphatic heterocycles. The number of carbonyl (C=O) groups is 2. The number of rotatable bonds is 12. The SMILES string of the molecule is CCCCC[C@](C)(O)/C=C/[C@@H]1[C@H](O)CC(=O)[C@@H]1C/C=C/CCCC(=O)O. The Hall–Kier alpha value is -1.46. The van der Waals surface area contributed by atoms with E-state index in [1.807, 2.05) is 18.2 Å². The summed E-state index contributed by atoms with van der Waals surface area (Å²) < 4.78 is 0. The first-order valence-electron chi connectivity index (χ1n) is 9.76. The Bertz CT molecular complexity index is 507. The molecule has 26 heavy (non-hydrogen) atoms. The predicted molar refractivity (Wildman–Crippen MR) is 102 cm³/mol. The van der Waals surface area contributed by atoms with Crippen LogP contribution in [0.25, 0.3) is 0 Å². The largest absolute Gasteiger partial charge is 0.481 e. The van der Waals surface area contributed by atoms with E-state index in [2.05, 4.69) is 6.92 Å². The Morgan fingerprint density at radius 2 is 2.00 bits per heavy atom. The van der Waals surface area contributed by atoms with Gasteiger partial charge in [-0.15, -0.1) is 0 Å². The zero-order valence-electron chi connectivity index (χ0n) is 16.1. The van der Waals surface area contributed by atoms with Gasteiger partial charge in [0.05, 0.1) is 11.7 Å². The highest BCUT2D eigenvalue weighted by Gasteiger charge is 2.39. The van der Waals surface area contributed by atoms with Crippen molar-refractivity contribution in [1.82, 2.24) is 0 Å². The number of ketones is 1. The van der Waals surface area contributed by atoms with E-state index in [9.17, 15) is 19.8 Å². The number of carbonyl (C=O) groups excluding carboxylic acids is 1. The molecule has 0 saturated heterocycles. The summed E-state index contributed by atoms with van der Waals surface area (Å²) in [6, 6.07) is 0. The molecule has 4 atom stereocenters. The topological polar surface area (TPSA) is 94.8 Å². The summed E-state index contributed by atoms with van der Waals surface area (Å²) >= 11 is 0. The average Bonchev–Trinajstić information content (AvgIpc) is 2.82. The lowest BCUT2D eigenvalue weighted by Gasteiger charge is -2.21. The van der Waals surface area contributed by atoms with Gasteiger partial charge in [0, 0.05) is 24.7 Å². The molecule has 5 nitrogen and oxygen atoms in total. The second kappa shape index (κ2) is 11.3. The van der Waals surface area contributed by atoms with Crippen molar-refractivity contribution in [3.05, 3.63) is 24.3 Å². The van der Waals surface area contributed by atoms with E-state index in [0.717, 1.165) is 19.3 Å². The zero-order valence-corrected chi connectivity index (χ0v) is 16.1. The van der Waals surface area contributed by atoms with Crippen LogP contribution >= 0.6 is 0 Å². The number of aliphatic hydroxyl groups excluding tert-OH is 1. The molecule has 1 rings (SSSR count). The van der Waals surface area contributed by atoms with E-state index < -0.39 is 17.7 Å². The molecule has 1 aliphatic carbocycles. The maximum absolute atomic E-state index is 12.2. The molecule has 5 heteroatoms. The minimum atomic E-state index is -0.919. The maximum Gasteiger partial charge on any atom is 0.303 e. The fourth-order valence-corrected chi connectivity index (χ4v) is 3.39. The van der Waals surface area contributed by atoms with E-state index in [1.165, 1.54) is 0 Å². The first kappa shape index (κ1) is 22.6. The molecule has 1 aliphatic rings. The van der Waals surface area contributed by atoms with Crippen LogP contribution in [0.5, 0.6) is 0 Å². The zero-order chi connectivity index (χ0) is 19.6. The molecule has 0 radical (unpaired) electrons. The number of hydrogen-bond acceptors (Lipinski definition) is 4. The lowest BCUT2D eigenvalue weighted by molar-refractivity contribution is -0.137. The summed E-state index contributed by atoms with van der Waals surface area (Å²) in [7, 11) is 0. The van der Waals surface area contributed by atoms with Crippen molar-refractivity contribution >= 4 is 11.8 Å². The summed E-state index contributed by atoms with van der Waals surface area (Å²) in [5.74, 6) is -1.30. The highest BCUT2D eigenvalue weighted by atomic mass is 16.4. The Balaban J connectivity index is 2.58. The Morgan fingerprint density at radius 3 is 2.65 bits per heavy atom. The molecule has 0 heterocycles. The predicted octanol–water partition coefficient (Wildman–Crippen LogP) is 3.64. The third-order valence-electron chi connectivity index (χ3n) is 5.01. The van der Waals surface area contributed by atoms with Crippen molar-refractivity contribution in [1.29, 1.82) is 0 Å². The van der Waals surface area contributed by atoms with Gasteiger partial charge in [-0.25, -0.2) is 0 Å². The summed E-state index contributed by atoms with van der Waals surface area (Å²) in [5, 5.41) is 29.3. The number of allylic oxidation sites excluding steroid dienone is 2. The van der Waals surface area contributed by atoms with Gasteiger partial charge in [0.25, 0.3) is 0 Å². The quantitative estimate of drug-likeness (QED) is 0.362. The van der Waals surface area contributed by atoms with Crippen molar-refractivity contribution in [2.45, 2.75) is 83.3 Å². The number of unbranched alkanes of at least 4 members (excludes halogenated alkanes) is 3. The van der Waals surface area contributed by atoms with E-state index in [1.54, 1.807) is 13.0 Å². The number of aliphatic carboxylic acids is 1. The second-order valence-corrected chi connectivity index (χ2v) is 7.59. The molecule has 0 aromatic heterocycles. The Morgan fingerprint density at radius 1 is 1.27 bits per heavy atom. The molecule has 3 N–H and O–H groups in total. The fourth-order valence-electron chi connectivity index (χ4n) is 3.39. The van der Waals surface area contributed by atoms with Gasteiger partial charge in [-0.1, -0.05) is 50.5 Å². The van der Waals surface area contributed by atoms with E-state index in [4.69, 9.17) is 5.11 Å². The number of hydrogen-bond donors (Lipinski definition) is 3. The van der Waals surface area contributed by atoms with Gasteiger partial charge in [-0.05, 0) is 32.6 Å². The summed E-state index contributed by atoms with van der Waals surface area (Å²) in [6.07, 6.45) is 12.5. The van der Waals surface area contributed by atoms with Crippen LogP contribution in [0.3, 0.4) is 0 Å². The molecule has 0 aromatic rings. The van der Waals surface area contributed by atoms with Crippen molar-refractivity contribution in [2.75, 3.05) is 0 Å². The van der Waals surface area contributed by atoms with Gasteiger partial charge < -0.3 is 15.3 Å². The normalized spacial score (nSPS) is 26.0. The molecule has 0 aromatic carbocycles. The average molecular weight is 366 g/mol. The minimum Gasteiger partial charge on any atom is -0.481 e. The van der Waals surface area contributed by atoms with Crippen LogP contribution in [-0.4, -0.2) is 38.8 Å². The van der Waals surface area contributed by atoms with E-state index in [0.29, 0.717) is 25.7 Å². The van der Waals surface area contributed by atoms with Crippen molar-refractivity contribution in [3.63, 3.8) is 0 Å². The van der Waals surface area contributed by atoms with Gasteiger partial charge in [0.1, 0.15) is 5.78 Å². The summed E-state index contributed by atoms with van der Waals surface area (Å²) in [4.78, 5) is 22.6. The first-order valence-corrected chi connectivity index (χ1v) is 9.76. The monoisotopic (exact) mass is 366 g/mol. The van der Waals surface area contributed by atoms with E-state index >= 15 is 0 Å². The van der Waals surface area contributed by atoms with Gasteiger partial charge in [0.2, 0.25) is 0 Å². The third kappa shape index (κ3) is 8.28. The van der Waals surface area contributed by atoms with Crippen LogP contribution in [0.15, 0.2) is 24.3 Å². The Kier molecular flexibility index (Phi) is 9.81. The lowest BCUT2D eigenvalue weighted by Crippen LogP contribution is -2.23. The summed E-state index contributed by atoms with van der Waals surface area (Å²) in [6.45, 7) is 3.88. The molecular formula is C21H34O5. The summed E-state index contributed by atoms with van der Waals surface area (Å²) in [5.41, 5.74) is -0.919. The van der Waals surface area contributed by atoms with Crippen molar-refractivity contribution in [3.8, 4) is 0 Å². The van der Waals surface area contributed by atoms with Gasteiger partial charge in [-0.3, -0.25) is 9.59 Å². The smallest absolute Gasteiger partial charge is 0.303 e. The third-order valence-corrected chi connectivity index (χ3v) is 5.01. The number of aliphatic hydroxyl groups is 2. The molecule has 1 fully saturated rings. The second-order valence-electron chi connectivity index (χ2n) is 7.59. The molecular weight excluding hydrogens is 332 g/mol. The van der Waals surface area contributed by atoms with Crippen LogP contribution in [0.4, 0.5) is 0 Å². The molecule has 0 spiro atoms. The molecule has 148 valence electrons. The van der Waals surface area contributed by atoms with Crippen LogP contribution in [-0.2, 0) is 9.59 Å². The van der Waals surface area contributed by atoms with Crippen molar-refractivity contribution in [2.24, 2.45) is 11.8 Å². The highest BCUT2D eigenvalue weighted by Crippen LogP contribution is 2.34. The molecule has 0 unspecified atom stereocenters.